The van der Waals surface area contributed by atoms with E-state index >= 15 is 0 Å². The topological polar surface area (TPSA) is 92.2 Å². The van der Waals surface area contributed by atoms with E-state index in [2.05, 4.69) is 15.3 Å². The summed E-state index contributed by atoms with van der Waals surface area (Å²) in [4.78, 5) is 31.9. The fourth-order valence-electron chi connectivity index (χ4n) is 2.86. The van der Waals surface area contributed by atoms with Crippen molar-refractivity contribution >= 4 is 34.6 Å². The van der Waals surface area contributed by atoms with Crippen molar-refractivity contribution in [3.8, 4) is 21.8 Å². The average Bonchev–Trinajstić information content (AvgIpc) is 3.43. The molecule has 1 amide bonds. The summed E-state index contributed by atoms with van der Waals surface area (Å²) in [6, 6.07) is 13.5. The summed E-state index contributed by atoms with van der Waals surface area (Å²) >= 11 is 2.64. The molecule has 4 rings (SSSR count). The molecule has 2 aromatic heterocycles. The Kier molecular flexibility index (Phi) is 6.15. The first-order chi connectivity index (χ1) is 15.0. The van der Waals surface area contributed by atoms with E-state index in [1.807, 2.05) is 29.6 Å². The van der Waals surface area contributed by atoms with Gasteiger partial charge in [-0.25, -0.2) is 19.2 Å². The molecule has 9 heteroatoms. The van der Waals surface area contributed by atoms with Crippen LogP contribution in [-0.2, 0) is 17.8 Å². The number of hydrogen-bond donors (Lipinski definition) is 2. The first-order valence-electron chi connectivity index (χ1n) is 9.23. The monoisotopic (exact) mass is 453 g/mol. The highest BCUT2D eigenvalue weighted by atomic mass is 32.1. The highest BCUT2D eigenvalue weighted by molar-refractivity contribution is 7.13. The fraction of sp³-hybridized carbons (Fsp3) is 0.0909. The molecule has 0 aliphatic heterocycles. The van der Waals surface area contributed by atoms with Gasteiger partial charge >= 0.3 is 5.97 Å². The number of thiazole rings is 2. The van der Waals surface area contributed by atoms with Crippen LogP contribution in [-0.4, -0.2) is 27.0 Å². The number of carbonyl (C=O) groups is 2. The van der Waals surface area contributed by atoms with Crippen LogP contribution in [0.25, 0.3) is 21.8 Å². The molecule has 31 heavy (non-hydrogen) atoms. The third-order valence-electron chi connectivity index (χ3n) is 4.39. The first-order valence-corrected chi connectivity index (χ1v) is 11.0. The molecule has 0 unspecified atom stereocenters. The van der Waals surface area contributed by atoms with E-state index in [1.165, 1.54) is 40.2 Å². The Balaban J connectivity index is 1.36. The largest absolute Gasteiger partial charge is 0.476 e. The number of nitrogens with one attached hydrogen (secondary N) is 1. The van der Waals surface area contributed by atoms with Gasteiger partial charge < -0.3 is 10.4 Å². The molecule has 156 valence electrons. The molecule has 2 heterocycles. The molecule has 0 bridgehead atoms. The Hall–Kier alpha value is -3.43. The average molecular weight is 454 g/mol. The molecular weight excluding hydrogens is 437 g/mol. The summed E-state index contributed by atoms with van der Waals surface area (Å²) in [6.45, 7) is 0.333. The van der Waals surface area contributed by atoms with Gasteiger partial charge in [0.1, 0.15) is 15.8 Å². The van der Waals surface area contributed by atoms with Crippen molar-refractivity contribution in [1.29, 1.82) is 0 Å². The van der Waals surface area contributed by atoms with Crippen LogP contribution in [0.3, 0.4) is 0 Å². The number of halogens is 1. The second kappa shape index (κ2) is 9.15. The number of amides is 1. The van der Waals surface area contributed by atoms with Crippen molar-refractivity contribution in [2.24, 2.45) is 0 Å². The van der Waals surface area contributed by atoms with E-state index in [0.29, 0.717) is 22.3 Å². The summed E-state index contributed by atoms with van der Waals surface area (Å²) in [7, 11) is 0. The van der Waals surface area contributed by atoms with E-state index in [0.717, 1.165) is 16.7 Å². The predicted molar refractivity (Wildman–Crippen MR) is 118 cm³/mol. The maximum Gasteiger partial charge on any atom is 0.355 e. The number of rotatable bonds is 7. The molecule has 0 radical (unpaired) electrons. The van der Waals surface area contributed by atoms with Crippen molar-refractivity contribution in [1.82, 2.24) is 15.3 Å². The second-order valence-corrected chi connectivity index (χ2v) is 8.43. The van der Waals surface area contributed by atoms with E-state index in [-0.39, 0.29) is 23.8 Å². The highest BCUT2D eigenvalue weighted by Gasteiger charge is 2.12. The van der Waals surface area contributed by atoms with E-state index < -0.39 is 5.97 Å². The van der Waals surface area contributed by atoms with Gasteiger partial charge in [-0.2, -0.15) is 0 Å². The molecule has 0 fully saturated rings. The lowest BCUT2D eigenvalue weighted by Gasteiger charge is -2.06. The number of carboxylic acid groups (broad SMARTS) is 1. The minimum absolute atomic E-state index is 0.0159. The number of nitrogens with zero attached hydrogens (tertiary/aromatic N) is 2. The Morgan fingerprint density at radius 1 is 1.00 bits per heavy atom. The minimum atomic E-state index is -1.06. The number of hydrogen-bond acceptors (Lipinski definition) is 6. The van der Waals surface area contributed by atoms with Gasteiger partial charge in [-0.15, -0.1) is 22.7 Å². The zero-order valence-electron chi connectivity index (χ0n) is 16.0. The summed E-state index contributed by atoms with van der Waals surface area (Å²) < 4.78 is 13.1. The lowest BCUT2D eigenvalue weighted by atomic mass is 10.1. The standard InChI is InChI=1S/C22H16FN3O3S2/c23-16-6-4-14(5-7-16)17-11-30-20(25-17)9-19(27)24-10-13-2-1-3-15(8-13)21-26-18(12-31-21)22(28)29/h1-8,11-12H,9-10H2,(H,24,27)(H,28,29). The molecule has 0 aliphatic carbocycles. The lowest BCUT2D eigenvalue weighted by molar-refractivity contribution is -0.120. The van der Waals surface area contributed by atoms with E-state index in [9.17, 15) is 14.0 Å². The SMILES string of the molecule is O=C(Cc1nc(-c2ccc(F)cc2)cs1)NCc1cccc(-c2nc(C(=O)O)cs2)c1. The Morgan fingerprint density at radius 2 is 1.81 bits per heavy atom. The molecule has 0 saturated heterocycles. The number of carbonyl (C=O) groups excluding carboxylic acids is 1. The van der Waals surface area contributed by atoms with Gasteiger partial charge in [0.25, 0.3) is 0 Å². The summed E-state index contributed by atoms with van der Waals surface area (Å²) in [5, 5.41) is 16.5. The van der Waals surface area contributed by atoms with Gasteiger partial charge in [-0.1, -0.05) is 18.2 Å². The van der Waals surface area contributed by atoms with Gasteiger partial charge in [0.05, 0.1) is 12.1 Å². The first kappa shape index (κ1) is 20.8. The Bertz CT molecular complexity index is 1230. The molecule has 2 aromatic carbocycles. The number of aromatic nitrogens is 2. The Labute approximate surface area is 185 Å². The smallest absolute Gasteiger partial charge is 0.355 e. The molecule has 0 atom stereocenters. The molecule has 2 N–H and O–H groups in total. The van der Waals surface area contributed by atoms with Crippen LogP contribution in [0, 0.1) is 5.82 Å². The zero-order valence-corrected chi connectivity index (χ0v) is 17.7. The van der Waals surface area contributed by atoms with Crippen LogP contribution in [0.5, 0.6) is 0 Å². The Morgan fingerprint density at radius 3 is 2.55 bits per heavy atom. The maximum absolute atomic E-state index is 13.1. The quantitative estimate of drug-likeness (QED) is 0.426. The van der Waals surface area contributed by atoms with Crippen molar-refractivity contribution < 1.29 is 19.1 Å². The summed E-state index contributed by atoms with van der Waals surface area (Å²) in [6.07, 6.45) is 0.153. The fourth-order valence-corrected chi connectivity index (χ4v) is 4.46. The number of benzene rings is 2. The lowest BCUT2D eigenvalue weighted by Crippen LogP contribution is -2.24. The second-order valence-electron chi connectivity index (χ2n) is 6.63. The third kappa shape index (κ3) is 5.19. The molecule has 0 aliphatic rings. The molecule has 6 nitrogen and oxygen atoms in total. The number of aromatic carboxylic acids is 1. The summed E-state index contributed by atoms with van der Waals surface area (Å²) in [5.74, 6) is -1.52. The van der Waals surface area contributed by atoms with Crippen LogP contribution in [0.1, 0.15) is 21.1 Å². The van der Waals surface area contributed by atoms with Crippen molar-refractivity contribution in [3.63, 3.8) is 0 Å². The van der Waals surface area contributed by atoms with Crippen molar-refractivity contribution in [3.05, 3.63) is 81.4 Å². The predicted octanol–water partition coefficient (Wildman–Crippen LogP) is 4.63. The summed E-state index contributed by atoms with van der Waals surface area (Å²) in [5.41, 5.74) is 3.21. The van der Waals surface area contributed by atoms with Crippen molar-refractivity contribution in [2.75, 3.05) is 0 Å². The maximum atomic E-state index is 13.1. The normalized spacial score (nSPS) is 10.7. The van der Waals surface area contributed by atoms with Gasteiger partial charge in [0, 0.05) is 28.4 Å². The molecule has 0 saturated carbocycles. The van der Waals surface area contributed by atoms with E-state index in [1.54, 1.807) is 12.1 Å². The minimum Gasteiger partial charge on any atom is -0.476 e. The van der Waals surface area contributed by atoms with E-state index in [4.69, 9.17) is 5.11 Å². The van der Waals surface area contributed by atoms with Crippen LogP contribution >= 0.6 is 22.7 Å². The van der Waals surface area contributed by atoms with Gasteiger partial charge in [0.2, 0.25) is 5.91 Å². The van der Waals surface area contributed by atoms with Crippen molar-refractivity contribution in [2.45, 2.75) is 13.0 Å². The van der Waals surface area contributed by atoms with Crippen LogP contribution < -0.4 is 5.32 Å². The van der Waals surface area contributed by atoms with Gasteiger partial charge in [0.15, 0.2) is 5.69 Å². The molecule has 0 spiro atoms. The molecule has 4 aromatic rings. The van der Waals surface area contributed by atoms with Crippen LogP contribution in [0.15, 0.2) is 59.3 Å². The number of carboxylic acids is 1. The highest BCUT2D eigenvalue weighted by Crippen LogP contribution is 2.25. The third-order valence-corrected chi connectivity index (χ3v) is 6.13. The van der Waals surface area contributed by atoms with Gasteiger partial charge in [-0.3, -0.25) is 4.79 Å². The van der Waals surface area contributed by atoms with Crippen LogP contribution in [0.2, 0.25) is 0 Å². The van der Waals surface area contributed by atoms with Gasteiger partial charge in [-0.05, 0) is 35.9 Å². The molecular formula is C22H16FN3O3S2. The van der Waals surface area contributed by atoms with Crippen LogP contribution in [0.4, 0.5) is 4.39 Å². The zero-order chi connectivity index (χ0) is 21.8.